The molecule has 2 aromatic heterocycles. The third kappa shape index (κ3) is 4.47. The zero-order chi connectivity index (χ0) is 18.4. The van der Waals surface area contributed by atoms with Crippen LogP contribution in [0.25, 0.3) is 0 Å². The van der Waals surface area contributed by atoms with Crippen LogP contribution in [0.2, 0.25) is 0 Å². The topological polar surface area (TPSA) is 96.9 Å². The number of carbonyl (C=O) groups excluding carboxylic acids is 2. The quantitative estimate of drug-likeness (QED) is 0.666. The highest BCUT2D eigenvalue weighted by Gasteiger charge is 2.09. The zero-order valence-corrected chi connectivity index (χ0v) is 14.1. The number of Topliss-reactive ketones (excluding diaryl/α,β-unsaturated/α-hetero) is 1. The molecule has 7 nitrogen and oxygen atoms in total. The third-order valence-corrected chi connectivity index (χ3v) is 3.64. The van der Waals surface area contributed by atoms with E-state index in [2.05, 4.69) is 25.6 Å². The van der Waals surface area contributed by atoms with E-state index in [0.717, 1.165) is 5.56 Å². The first-order valence-electron chi connectivity index (χ1n) is 7.99. The number of nitrogens with one attached hydrogen (secondary N) is 2. The molecule has 0 aliphatic carbocycles. The van der Waals surface area contributed by atoms with Gasteiger partial charge in [0.05, 0.1) is 0 Å². The molecular weight excluding hydrogens is 330 g/mol. The molecule has 0 atom stereocenters. The van der Waals surface area contributed by atoms with Crippen LogP contribution >= 0.6 is 0 Å². The number of anilines is 2. The maximum Gasteiger partial charge on any atom is 0.270 e. The first-order valence-corrected chi connectivity index (χ1v) is 7.99. The summed E-state index contributed by atoms with van der Waals surface area (Å²) >= 11 is 0. The van der Waals surface area contributed by atoms with Gasteiger partial charge in [-0.2, -0.15) is 0 Å². The Morgan fingerprint density at radius 1 is 1.04 bits per heavy atom. The second-order valence-corrected chi connectivity index (χ2v) is 5.59. The van der Waals surface area contributed by atoms with E-state index < -0.39 is 0 Å². The fourth-order valence-corrected chi connectivity index (χ4v) is 2.29. The SMILES string of the molecule is CC(=O)c1cccc(Nc2cc(C(=O)NCc3ccncc3)ncn2)c1. The van der Waals surface area contributed by atoms with Gasteiger partial charge in [0, 0.05) is 36.3 Å². The molecule has 0 spiro atoms. The third-order valence-electron chi connectivity index (χ3n) is 3.64. The minimum absolute atomic E-state index is 0.0208. The number of ketones is 1. The summed E-state index contributed by atoms with van der Waals surface area (Å²) in [5.41, 5.74) is 2.50. The standard InChI is InChI=1S/C19H17N5O2/c1-13(25)15-3-2-4-16(9-15)24-18-10-17(22-12-23-18)19(26)21-11-14-5-7-20-8-6-14/h2-10,12H,11H2,1H3,(H,21,26)(H,22,23,24). The second kappa shape index (κ2) is 7.98. The lowest BCUT2D eigenvalue weighted by molar-refractivity contribution is 0.0945. The number of pyridine rings is 1. The number of aromatic nitrogens is 3. The van der Waals surface area contributed by atoms with E-state index in [1.165, 1.54) is 13.3 Å². The van der Waals surface area contributed by atoms with Gasteiger partial charge < -0.3 is 10.6 Å². The lowest BCUT2D eigenvalue weighted by Crippen LogP contribution is -2.24. The number of nitrogens with zero attached hydrogens (tertiary/aromatic N) is 3. The Bertz CT molecular complexity index is 928. The summed E-state index contributed by atoms with van der Waals surface area (Å²) in [7, 11) is 0. The molecule has 0 saturated carbocycles. The lowest BCUT2D eigenvalue weighted by atomic mass is 10.1. The van der Waals surface area contributed by atoms with Gasteiger partial charge in [-0.25, -0.2) is 9.97 Å². The molecule has 0 fully saturated rings. The first kappa shape index (κ1) is 17.2. The molecule has 0 aliphatic rings. The summed E-state index contributed by atoms with van der Waals surface area (Å²) < 4.78 is 0. The van der Waals surface area contributed by atoms with E-state index in [0.29, 0.717) is 23.6 Å². The van der Waals surface area contributed by atoms with Gasteiger partial charge in [0.1, 0.15) is 17.8 Å². The Kier molecular flexibility index (Phi) is 5.28. The number of hydrogen-bond acceptors (Lipinski definition) is 6. The number of rotatable bonds is 6. The highest BCUT2D eigenvalue weighted by molar-refractivity contribution is 5.95. The van der Waals surface area contributed by atoms with Gasteiger partial charge in [-0.1, -0.05) is 12.1 Å². The van der Waals surface area contributed by atoms with Crippen LogP contribution in [0.5, 0.6) is 0 Å². The summed E-state index contributed by atoms with van der Waals surface area (Å²) in [6, 6.07) is 12.3. The van der Waals surface area contributed by atoms with Gasteiger partial charge in [0.15, 0.2) is 5.78 Å². The van der Waals surface area contributed by atoms with Crippen LogP contribution in [0.4, 0.5) is 11.5 Å². The fraction of sp³-hybridized carbons (Fsp3) is 0.105. The summed E-state index contributed by atoms with van der Waals surface area (Å²) in [5, 5.41) is 5.88. The van der Waals surface area contributed by atoms with Crippen LogP contribution in [0.3, 0.4) is 0 Å². The van der Waals surface area contributed by atoms with E-state index in [-0.39, 0.29) is 17.4 Å². The molecule has 0 aliphatic heterocycles. The average molecular weight is 347 g/mol. The number of hydrogen-bond donors (Lipinski definition) is 2. The molecule has 3 aromatic rings. The highest BCUT2D eigenvalue weighted by Crippen LogP contribution is 2.16. The highest BCUT2D eigenvalue weighted by atomic mass is 16.1. The van der Waals surface area contributed by atoms with Crippen LogP contribution in [-0.2, 0) is 6.54 Å². The van der Waals surface area contributed by atoms with Crippen molar-refractivity contribution in [3.8, 4) is 0 Å². The molecule has 0 saturated heterocycles. The predicted molar refractivity (Wildman–Crippen MR) is 97.2 cm³/mol. The van der Waals surface area contributed by atoms with E-state index in [4.69, 9.17) is 0 Å². The smallest absolute Gasteiger partial charge is 0.270 e. The van der Waals surface area contributed by atoms with Crippen LogP contribution < -0.4 is 10.6 Å². The van der Waals surface area contributed by atoms with Crippen molar-refractivity contribution < 1.29 is 9.59 Å². The van der Waals surface area contributed by atoms with Gasteiger partial charge in [-0.15, -0.1) is 0 Å². The minimum Gasteiger partial charge on any atom is -0.347 e. The summed E-state index contributed by atoms with van der Waals surface area (Å²) in [5.74, 6) is 0.145. The average Bonchev–Trinajstić information content (AvgIpc) is 2.67. The first-order chi connectivity index (χ1) is 12.6. The van der Waals surface area contributed by atoms with Crippen LogP contribution in [-0.4, -0.2) is 26.6 Å². The Morgan fingerprint density at radius 2 is 1.85 bits per heavy atom. The summed E-state index contributed by atoms with van der Waals surface area (Å²) in [6.07, 6.45) is 4.66. The molecule has 1 amide bonds. The molecule has 2 heterocycles. The Balaban J connectivity index is 1.68. The molecule has 130 valence electrons. The molecule has 1 aromatic carbocycles. The van der Waals surface area contributed by atoms with E-state index in [1.54, 1.807) is 36.7 Å². The summed E-state index contributed by atoms with van der Waals surface area (Å²) in [4.78, 5) is 35.8. The summed E-state index contributed by atoms with van der Waals surface area (Å²) in [6.45, 7) is 1.89. The monoisotopic (exact) mass is 347 g/mol. The number of benzene rings is 1. The van der Waals surface area contributed by atoms with Crippen molar-refractivity contribution in [3.05, 3.63) is 78.0 Å². The zero-order valence-electron chi connectivity index (χ0n) is 14.1. The molecule has 7 heteroatoms. The van der Waals surface area contributed by atoms with Crippen molar-refractivity contribution in [2.75, 3.05) is 5.32 Å². The van der Waals surface area contributed by atoms with Gasteiger partial charge in [-0.05, 0) is 36.8 Å². The van der Waals surface area contributed by atoms with Crippen molar-refractivity contribution in [2.45, 2.75) is 13.5 Å². The fourth-order valence-electron chi connectivity index (χ4n) is 2.29. The van der Waals surface area contributed by atoms with Crippen molar-refractivity contribution >= 4 is 23.2 Å². The Labute approximate surface area is 150 Å². The maximum atomic E-state index is 12.3. The van der Waals surface area contributed by atoms with Crippen molar-refractivity contribution in [1.29, 1.82) is 0 Å². The molecular formula is C19H17N5O2. The number of amides is 1. The molecule has 0 bridgehead atoms. The van der Waals surface area contributed by atoms with Gasteiger partial charge in [0.2, 0.25) is 0 Å². The van der Waals surface area contributed by atoms with E-state index in [9.17, 15) is 9.59 Å². The molecule has 0 radical (unpaired) electrons. The van der Waals surface area contributed by atoms with Crippen molar-refractivity contribution in [2.24, 2.45) is 0 Å². The van der Waals surface area contributed by atoms with Crippen LogP contribution in [0.1, 0.15) is 33.3 Å². The largest absolute Gasteiger partial charge is 0.347 e. The van der Waals surface area contributed by atoms with Gasteiger partial charge in [0.25, 0.3) is 5.91 Å². The molecule has 2 N–H and O–H groups in total. The normalized spacial score (nSPS) is 10.2. The van der Waals surface area contributed by atoms with Crippen LogP contribution in [0, 0.1) is 0 Å². The van der Waals surface area contributed by atoms with Gasteiger partial charge in [-0.3, -0.25) is 14.6 Å². The second-order valence-electron chi connectivity index (χ2n) is 5.59. The molecule has 26 heavy (non-hydrogen) atoms. The minimum atomic E-state index is -0.301. The Hall–Kier alpha value is -3.61. The number of carbonyl (C=O) groups is 2. The van der Waals surface area contributed by atoms with Gasteiger partial charge >= 0.3 is 0 Å². The maximum absolute atomic E-state index is 12.3. The molecule has 0 unspecified atom stereocenters. The lowest BCUT2D eigenvalue weighted by Gasteiger charge is -2.08. The van der Waals surface area contributed by atoms with E-state index >= 15 is 0 Å². The van der Waals surface area contributed by atoms with Crippen molar-refractivity contribution in [3.63, 3.8) is 0 Å². The predicted octanol–water partition coefficient (Wildman–Crippen LogP) is 2.75. The van der Waals surface area contributed by atoms with Crippen molar-refractivity contribution in [1.82, 2.24) is 20.3 Å². The molecule has 3 rings (SSSR count). The van der Waals surface area contributed by atoms with Crippen LogP contribution in [0.15, 0.2) is 61.2 Å². The van der Waals surface area contributed by atoms with E-state index in [1.807, 2.05) is 18.2 Å². The Morgan fingerprint density at radius 3 is 2.62 bits per heavy atom.